The fraction of sp³-hybridized carbons (Fsp3) is 0.175. The number of carbonyl (C=O) groups excluding carboxylic acids is 1. The molecule has 0 radical (unpaired) electrons. The van der Waals surface area contributed by atoms with Gasteiger partial charge in [-0.15, -0.1) is 0 Å². The van der Waals surface area contributed by atoms with E-state index in [2.05, 4.69) is 0 Å². The van der Waals surface area contributed by atoms with Gasteiger partial charge in [-0.05, 0) is 54.3 Å². The lowest BCUT2D eigenvalue weighted by Crippen LogP contribution is -2.13. The normalized spacial score (nSPS) is 11.0. The van der Waals surface area contributed by atoms with Crippen LogP contribution in [0.2, 0.25) is 0 Å². The number of carbonyl (C=O) groups is 1. The Balaban J connectivity index is 1.44. The molecule has 6 nitrogen and oxygen atoms in total. The minimum atomic E-state index is -0.295. The largest absolute Gasteiger partial charge is 0.490 e. The quantitative estimate of drug-likeness (QED) is 0.0866. The topological polar surface area (TPSA) is 63.2 Å². The van der Waals surface area contributed by atoms with Crippen LogP contribution in [0.15, 0.2) is 127 Å². The van der Waals surface area contributed by atoms with Gasteiger partial charge in [-0.25, -0.2) is 0 Å². The Kier molecular flexibility index (Phi) is 11.1. The van der Waals surface area contributed by atoms with Crippen molar-refractivity contribution in [2.75, 3.05) is 7.11 Å². The molecule has 0 aliphatic carbocycles. The van der Waals surface area contributed by atoms with Crippen molar-refractivity contribution >= 4 is 11.9 Å². The Morgan fingerprint density at radius 2 is 1.13 bits per heavy atom. The smallest absolute Gasteiger partial charge is 0.204 e. The van der Waals surface area contributed by atoms with Crippen LogP contribution in [0, 0.1) is 0 Å². The molecule has 0 heterocycles. The van der Waals surface area contributed by atoms with Crippen LogP contribution in [0.5, 0.6) is 28.7 Å². The fourth-order valence-corrected chi connectivity index (χ4v) is 4.73. The molecule has 0 aliphatic heterocycles. The summed E-state index contributed by atoms with van der Waals surface area (Å²) in [5.41, 5.74) is 4.14. The van der Waals surface area contributed by atoms with Gasteiger partial charge in [0.15, 0.2) is 17.3 Å². The molecule has 0 amide bonds. The van der Waals surface area contributed by atoms with E-state index in [-0.39, 0.29) is 29.8 Å². The summed E-state index contributed by atoms with van der Waals surface area (Å²) in [6.45, 7) is 4.82. The molecule has 234 valence electrons. The predicted molar refractivity (Wildman–Crippen MR) is 181 cm³/mol. The van der Waals surface area contributed by atoms with Crippen molar-refractivity contribution in [2.45, 2.75) is 39.8 Å². The molecule has 0 atom stereocenters. The summed E-state index contributed by atoms with van der Waals surface area (Å²) in [6, 6.07) is 38.9. The third-order valence-corrected chi connectivity index (χ3v) is 7.00. The molecule has 46 heavy (non-hydrogen) atoms. The molecule has 0 fully saturated rings. The van der Waals surface area contributed by atoms with E-state index >= 15 is 0 Å². The van der Waals surface area contributed by atoms with Gasteiger partial charge in [0.25, 0.3) is 0 Å². The minimum absolute atomic E-state index is 0.251. The zero-order valence-electron chi connectivity index (χ0n) is 26.3. The second kappa shape index (κ2) is 16.0. The van der Waals surface area contributed by atoms with E-state index in [0.717, 1.165) is 28.0 Å². The van der Waals surface area contributed by atoms with Crippen LogP contribution in [0.3, 0.4) is 0 Å². The maximum atomic E-state index is 14.0. The van der Waals surface area contributed by atoms with E-state index in [1.165, 1.54) is 13.2 Å². The first-order valence-corrected chi connectivity index (χ1v) is 15.2. The van der Waals surface area contributed by atoms with Gasteiger partial charge in [-0.1, -0.05) is 109 Å². The summed E-state index contributed by atoms with van der Waals surface area (Å²) in [4.78, 5) is 14.0. The van der Waals surface area contributed by atoms with E-state index in [9.17, 15) is 4.79 Å². The second-order valence-corrected chi connectivity index (χ2v) is 10.9. The standard InChI is InChI=1S/C40H38O6/c1-29(2)46-40-38(35(41)24-21-30-19-22-34(23-20-30)43-26-31-13-7-4-8-14-31)36(44-27-32-15-9-5-10-16-32)25-37(39(40)42-3)45-28-33-17-11-6-12-18-33/h4-25,29H,26-28H2,1-3H3/b24-21+. The van der Waals surface area contributed by atoms with E-state index in [4.69, 9.17) is 23.7 Å². The van der Waals surface area contributed by atoms with Crippen LogP contribution in [0.25, 0.3) is 6.08 Å². The lowest BCUT2D eigenvalue weighted by Gasteiger charge is -2.22. The van der Waals surface area contributed by atoms with Crippen molar-refractivity contribution < 1.29 is 28.5 Å². The van der Waals surface area contributed by atoms with Crippen LogP contribution in [0.1, 0.15) is 46.5 Å². The van der Waals surface area contributed by atoms with E-state index in [1.54, 1.807) is 12.1 Å². The molecule has 5 rings (SSSR count). The highest BCUT2D eigenvalue weighted by Gasteiger charge is 2.27. The number of hydrogen-bond donors (Lipinski definition) is 0. The highest BCUT2D eigenvalue weighted by atomic mass is 16.5. The summed E-state index contributed by atoms with van der Waals surface area (Å²) in [6.07, 6.45) is 3.02. The molecule has 0 bridgehead atoms. The SMILES string of the molecule is COc1c(OCc2ccccc2)cc(OCc2ccccc2)c(C(=O)/C=C/c2ccc(OCc3ccccc3)cc2)c1OC(C)C. The molecule has 0 aliphatic rings. The lowest BCUT2D eigenvalue weighted by molar-refractivity contribution is 0.103. The molecule has 0 saturated carbocycles. The van der Waals surface area contributed by atoms with E-state index in [1.807, 2.05) is 129 Å². The number of methoxy groups -OCH3 is 1. The summed E-state index contributed by atoms with van der Waals surface area (Å²) in [7, 11) is 1.54. The fourth-order valence-electron chi connectivity index (χ4n) is 4.73. The Morgan fingerprint density at radius 3 is 1.63 bits per heavy atom. The van der Waals surface area contributed by atoms with Crippen molar-refractivity contribution in [1.29, 1.82) is 0 Å². The Morgan fingerprint density at radius 1 is 0.630 bits per heavy atom. The predicted octanol–water partition coefficient (Wildman–Crippen LogP) is 9.12. The lowest BCUT2D eigenvalue weighted by atomic mass is 10.0. The van der Waals surface area contributed by atoms with Crippen molar-refractivity contribution in [2.24, 2.45) is 0 Å². The highest BCUT2D eigenvalue weighted by molar-refractivity contribution is 6.11. The Bertz CT molecular complexity index is 1710. The van der Waals surface area contributed by atoms with Crippen molar-refractivity contribution in [3.63, 3.8) is 0 Å². The maximum Gasteiger partial charge on any atom is 0.204 e. The first kappa shape index (κ1) is 31.9. The first-order valence-electron chi connectivity index (χ1n) is 15.2. The van der Waals surface area contributed by atoms with Crippen LogP contribution < -0.4 is 23.7 Å². The number of ketones is 1. The minimum Gasteiger partial charge on any atom is -0.490 e. The molecule has 0 aromatic heterocycles. The van der Waals surface area contributed by atoms with Crippen molar-refractivity contribution in [3.8, 4) is 28.7 Å². The van der Waals surface area contributed by atoms with Crippen LogP contribution >= 0.6 is 0 Å². The average Bonchev–Trinajstić information content (AvgIpc) is 3.09. The molecule has 0 spiro atoms. The van der Waals surface area contributed by atoms with Gasteiger partial charge in [0.1, 0.15) is 36.9 Å². The molecule has 5 aromatic rings. The highest BCUT2D eigenvalue weighted by Crippen LogP contribution is 2.47. The monoisotopic (exact) mass is 614 g/mol. The molecular formula is C40H38O6. The molecule has 0 unspecified atom stereocenters. The van der Waals surface area contributed by atoms with Gasteiger partial charge in [-0.3, -0.25) is 4.79 Å². The number of ether oxygens (including phenoxy) is 5. The summed E-state index contributed by atoms with van der Waals surface area (Å²) < 4.78 is 30.5. The molecular weight excluding hydrogens is 576 g/mol. The maximum absolute atomic E-state index is 14.0. The van der Waals surface area contributed by atoms with Crippen molar-refractivity contribution in [1.82, 2.24) is 0 Å². The zero-order valence-corrected chi connectivity index (χ0v) is 26.3. The summed E-state index contributed by atoms with van der Waals surface area (Å²) >= 11 is 0. The second-order valence-electron chi connectivity index (χ2n) is 10.9. The number of allylic oxidation sites excluding steroid dienone is 1. The van der Waals surface area contributed by atoms with Crippen LogP contribution in [-0.4, -0.2) is 19.0 Å². The first-order chi connectivity index (χ1) is 22.5. The Hall–Kier alpha value is -5.49. The van der Waals surface area contributed by atoms with Gasteiger partial charge in [0, 0.05) is 6.07 Å². The van der Waals surface area contributed by atoms with Gasteiger partial charge >= 0.3 is 0 Å². The van der Waals surface area contributed by atoms with E-state index in [0.29, 0.717) is 30.5 Å². The van der Waals surface area contributed by atoms with Crippen molar-refractivity contribution in [3.05, 3.63) is 155 Å². The number of rotatable bonds is 15. The molecule has 0 N–H and O–H groups in total. The zero-order chi connectivity index (χ0) is 32.1. The summed E-state index contributed by atoms with van der Waals surface area (Å²) in [5, 5.41) is 0. The number of benzene rings is 5. The Labute approximate surface area is 270 Å². The molecule has 5 aromatic carbocycles. The number of hydrogen-bond acceptors (Lipinski definition) is 6. The average molecular weight is 615 g/mol. The van der Waals surface area contributed by atoms with Gasteiger partial charge in [0.05, 0.1) is 13.2 Å². The summed E-state index contributed by atoms with van der Waals surface area (Å²) in [5.74, 6) is 1.79. The molecule has 0 saturated heterocycles. The van der Waals surface area contributed by atoms with E-state index < -0.39 is 0 Å². The third-order valence-electron chi connectivity index (χ3n) is 7.00. The van der Waals surface area contributed by atoms with Gasteiger partial charge in [0.2, 0.25) is 5.75 Å². The van der Waals surface area contributed by atoms with Gasteiger partial charge < -0.3 is 23.7 Å². The molecule has 6 heteroatoms. The van der Waals surface area contributed by atoms with Crippen LogP contribution in [0.4, 0.5) is 0 Å². The third kappa shape index (κ3) is 8.79. The van der Waals surface area contributed by atoms with Gasteiger partial charge in [-0.2, -0.15) is 0 Å². The van der Waals surface area contributed by atoms with Crippen LogP contribution in [-0.2, 0) is 19.8 Å².